The Balaban J connectivity index is 2.02. The van der Waals surface area contributed by atoms with Gasteiger partial charge in [-0.3, -0.25) is 0 Å². The van der Waals surface area contributed by atoms with Crippen molar-refractivity contribution in [1.82, 2.24) is 14.0 Å². The van der Waals surface area contributed by atoms with Crippen molar-refractivity contribution >= 4 is 21.5 Å². The molecule has 8 heteroatoms. The summed E-state index contributed by atoms with van der Waals surface area (Å²) in [4.78, 5) is 5.39. The lowest BCUT2D eigenvalue weighted by Crippen LogP contribution is -2.51. The maximum atomic E-state index is 12.3. The highest BCUT2D eigenvalue weighted by atomic mass is 32.2. The summed E-state index contributed by atoms with van der Waals surface area (Å²) in [6.07, 6.45) is -0.169. The van der Waals surface area contributed by atoms with Gasteiger partial charge in [-0.05, 0) is 27.7 Å². The number of ether oxygens (including phenoxy) is 1. The van der Waals surface area contributed by atoms with E-state index >= 15 is 0 Å². The van der Waals surface area contributed by atoms with E-state index in [-0.39, 0.29) is 18.8 Å². The van der Waals surface area contributed by atoms with Crippen LogP contribution in [0, 0.1) is 13.8 Å². The van der Waals surface area contributed by atoms with Gasteiger partial charge in [-0.15, -0.1) is 11.3 Å². The molecule has 6 nitrogen and oxygen atoms in total. The fourth-order valence-corrected chi connectivity index (χ4v) is 4.46. The average molecular weight is 319 g/mol. The van der Waals surface area contributed by atoms with Gasteiger partial charge in [-0.1, -0.05) is 0 Å². The standard InChI is InChI=1S/C12H21N3O3S2/c1-8-6-15(7-9(2)18-8)20(16,17)13-5-12-10(3)19-11(4)14-12/h8-9,13H,5-7H2,1-4H3/t8-,9-/m0/s1. The molecule has 1 aliphatic rings. The van der Waals surface area contributed by atoms with E-state index in [9.17, 15) is 8.42 Å². The van der Waals surface area contributed by atoms with Crippen LogP contribution in [0.4, 0.5) is 0 Å². The molecule has 0 saturated carbocycles. The number of rotatable bonds is 4. The van der Waals surface area contributed by atoms with Crippen molar-refractivity contribution in [1.29, 1.82) is 0 Å². The molecular formula is C12H21N3O3S2. The van der Waals surface area contributed by atoms with Crippen LogP contribution in [-0.2, 0) is 21.5 Å². The molecule has 0 unspecified atom stereocenters. The summed E-state index contributed by atoms with van der Waals surface area (Å²) in [5.41, 5.74) is 0.797. The van der Waals surface area contributed by atoms with Gasteiger partial charge >= 0.3 is 0 Å². The minimum atomic E-state index is -3.49. The van der Waals surface area contributed by atoms with Crippen molar-refractivity contribution < 1.29 is 13.2 Å². The van der Waals surface area contributed by atoms with Crippen LogP contribution < -0.4 is 4.72 Å². The van der Waals surface area contributed by atoms with E-state index in [1.165, 1.54) is 4.31 Å². The molecule has 1 fully saturated rings. The Morgan fingerprint density at radius 3 is 2.45 bits per heavy atom. The summed E-state index contributed by atoms with van der Waals surface area (Å²) in [5.74, 6) is 0. The van der Waals surface area contributed by atoms with E-state index in [4.69, 9.17) is 4.74 Å². The van der Waals surface area contributed by atoms with Gasteiger partial charge in [0.25, 0.3) is 10.2 Å². The Labute approximate surface area is 124 Å². The van der Waals surface area contributed by atoms with Crippen molar-refractivity contribution in [2.24, 2.45) is 0 Å². The molecule has 2 atom stereocenters. The van der Waals surface area contributed by atoms with Gasteiger partial charge in [0.1, 0.15) is 0 Å². The monoisotopic (exact) mass is 319 g/mol. The predicted molar refractivity (Wildman–Crippen MR) is 78.9 cm³/mol. The molecule has 0 aliphatic carbocycles. The lowest BCUT2D eigenvalue weighted by Gasteiger charge is -2.34. The number of aryl methyl sites for hydroxylation is 2. The van der Waals surface area contributed by atoms with Gasteiger partial charge < -0.3 is 4.74 Å². The smallest absolute Gasteiger partial charge is 0.279 e. The molecule has 1 aromatic rings. The first kappa shape index (κ1) is 15.8. The molecule has 1 saturated heterocycles. The SMILES string of the molecule is Cc1nc(CNS(=O)(=O)N2C[C@H](C)O[C@@H](C)C2)c(C)s1. The molecular weight excluding hydrogens is 298 g/mol. The van der Waals surface area contributed by atoms with Gasteiger partial charge in [-0.25, -0.2) is 4.98 Å². The number of thiazole rings is 1. The van der Waals surface area contributed by atoms with Crippen molar-refractivity contribution in [3.8, 4) is 0 Å². The topological polar surface area (TPSA) is 71.5 Å². The molecule has 0 spiro atoms. The van der Waals surface area contributed by atoms with E-state index in [0.29, 0.717) is 13.1 Å². The molecule has 114 valence electrons. The zero-order chi connectivity index (χ0) is 14.9. The van der Waals surface area contributed by atoms with E-state index in [0.717, 1.165) is 15.6 Å². The molecule has 0 aromatic carbocycles. The van der Waals surface area contributed by atoms with Crippen molar-refractivity contribution in [3.63, 3.8) is 0 Å². The summed E-state index contributed by atoms with van der Waals surface area (Å²) in [5, 5.41) is 0.949. The van der Waals surface area contributed by atoms with Crippen molar-refractivity contribution in [2.45, 2.75) is 46.4 Å². The molecule has 0 radical (unpaired) electrons. The van der Waals surface area contributed by atoms with Gasteiger partial charge in [0.15, 0.2) is 0 Å². The minimum absolute atomic E-state index is 0.0846. The van der Waals surface area contributed by atoms with Gasteiger partial charge in [-0.2, -0.15) is 17.4 Å². The molecule has 20 heavy (non-hydrogen) atoms. The third kappa shape index (κ3) is 3.76. The third-order valence-corrected chi connectivity index (χ3v) is 5.56. The van der Waals surface area contributed by atoms with Gasteiger partial charge in [0.2, 0.25) is 0 Å². The fourth-order valence-electron chi connectivity index (χ4n) is 2.31. The van der Waals surface area contributed by atoms with Crippen LogP contribution in [0.1, 0.15) is 29.4 Å². The van der Waals surface area contributed by atoms with Crippen LogP contribution in [0.2, 0.25) is 0 Å². The van der Waals surface area contributed by atoms with E-state index in [1.807, 2.05) is 27.7 Å². The maximum Gasteiger partial charge on any atom is 0.279 e. The molecule has 2 heterocycles. The lowest BCUT2D eigenvalue weighted by molar-refractivity contribution is -0.0444. The lowest BCUT2D eigenvalue weighted by atomic mass is 10.3. The Hall–Kier alpha value is -0.540. The summed E-state index contributed by atoms with van der Waals surface area (Å²) < 4.78 is 34.2. The number of hydrogen-bond acceptors (Lipinski definition) is 5. The van der Waals surface area contributed by atoms with E-state index in [1.54, 1.807) is 11.3 Å². The van der Waals surface area contributed by atoms with Crippen molar-refractivity contribution in [2.75, 3.05) is 13.1 Å². The molecule has 2 rings (SSSR count). The largest absolute Gasteiger partial charge is 0.373 e. The van der Waals surface area contributed by atoms with Crippen LogP contribution in [0.15, 0.2) is 0 Å². The molecule has 1 aliphatic heterocycles. The first-order valence-electron chi connectivity index (χ1n) is 6.61. The number of morpholine rings is 1. The molecule has 1 aromatic heterocycles. The second-order valence-corrected chi connectivity index (χ2v) is 8.30. The normalized spacial score (nSPS) is 25.0. The Kier molecular flexibility index (Phi) is 4.80. The molecule has 0 amide bonds. The summed E-state index contributed by atoms with van der Waals surface area (Å²) in [7, 11) is -3.49. The van der Waals surface area contributed by atoms with Crippen molar-refractivity contribution in [3.05, 3.63) is 15.6 Å². The summed E-state index contributed by atoms with van der Waals surface area (Å²) in [6.45, 7) is 8.63. The molecule has 1 N–H and O–H groups in total. The van der Waals surface area contributed by atoms with Crippen LogP contribution in [0.3, 0.4) is 0 Å². The summed E-state index contributed by atoms with van der Waals surface area (Å²) in [6, 6.07) is 0. The van der Waals surface area contributed by atoms with Gasteiger partial charge in [0.05, 0.1) is 29.5 Å². The van der Waals surface area contributed by atoms with Crippen LogP contribution in [0.25, 0.3) is 0 Å². The number of nitrogens with one attached hydrogen (secondary N) is 1. The Bertz CT molecular complexity index is 561. The zero-order valence-electron chi connectivity index (χ0n) is 12.2. The number of aromatic nitrogens is 1. The van der Waals surface area contributed by atoms with Crippen LogP contribution >= 0.6 is 11.3 Å². The number of nitrogens with zero attached hydrogens (tertiary/aromatic N) is 2. The fraction of sp³-hybridized carbons (Fsp3) is 0.750. The average Bonchev–Trinajstić information content (AvgIpc) is 2.64. The summed E-state index contributed by atoms with van der Waals surface area (Å²) >= 11 is 1.58. The molecule has 0 bridgehead atoms. The highest BCUT2D eigenvalue weighted by Crippen LogP contribution is 2.17. The predicted octanol–water partition coefficient (Wildman–Crippen LogP) is 1.20. The second kappa shape index (κ2) is 6.07. The number of hydrogen-bond donors (Lipinski definition) is 1. The van der Waals surface area contributed by atoms with Gasteiger partial charge in [0, 0.05) is 18.0 Å². The highest BCUT2D eigenvalue weighted by molar-refractivity contribution is 7.87. The van der Waals surface area contributed by atoms with E-state index < -0.39 is 10.2 Å². The third-order valence-electron chi connectivity index (χ3n) is 3.15. The highest BCUT2D eigenvalue weighted by Gasteiger charge is 2.30. The second-order valence-electron chi connectivity index (χ2n) is 5.14. The Morgan fingerprint density at radius 2 is 1.95 bits per heavy atom. The van der Waals surface area contributed by atoms with Crippen LogP contribution in [0.5, 0.6) is 0 Å². The van der Waals surface area contributed by atoms with Crippen LogP contribution in [-0.4, -0.2) is 43.0 Å². The first-order valence-corrected chi connectivity index (χ1v) is 8.86. The zero-order valence-corrected chi connectivity index (χ0v) is 13.8. The maximum absolute atomic E-state index is 12.3. The quantitative estimate of drug-likeness (QED) is 0.905. The van der Waals surface area contributed by atoms with E-state index in [2.05, 4.69) is 9.71 Å². The first-order chi connectivity index (χ1) is 9.28. The Morgan fingerprint density at radius 1 is 1.35 bits per heavy atom. The minimum Gasteiger partial charge on any atom is -0.373 e.